The number of hydrogen-bond donors (Lipinski definition) is 0. The van der Waals surface area contributed by atoms with Crippen molar-refractivity contribution in [1.82, 2.24) is 0 Å². The molecule has 0 N–H and O–H groups in total. The highest BCUT2D eigenvalue weighted by molar-refractivity contribution is 14.1. The SMILES string of the molecule is COc1ccc(C(Cl)c2csc(I)c2)cc1OC. The van der Waals surface area contributed by atoms with Crippen LogP contribution in [0, 0.1) is 2.88 Å². The van der Waals surface area contributed by atoms with Crippen molar-refractivity contribution in [3.05, 3.63) is 43.7 Å². The summed E-state index contributed by atoms with van der Waals surface area (Å²) < 4.78 is 11.7. The summed E-state index contributed by atoms with van der Waals surface area (Å²) in [6.07, 6.45) is 0. The van der Waals surface area contributed by atoms with Gasteiger partial charge in [0.1, 0.15) is 0 Å². The third-order valence-electron chi connectivity index (χ3n) is 2.58. The van der Waals surface area contributed by atoms with E-state index in [2.05, 4.69) is 34.0 Å². The standard InChI is InChI=1S/C13H12ClIO2S/c1-16-10-4-3-8(5-11(10)17-2)13(14)9-6-12(15)18-7-9/h3-7,13H,1-2H3. The number of alkyl halides is 1. The molecule has 5 heteroatoms. The predicted molar refractivity (Wildman–Crippen MR) is 84.3 cm³/mol. The Balaban J connectivity index is 2.33. The molecule has 1 atom stereocenters. The van der Waals surface area contributed by atoms with Crippen LogP contribution in [0.3, 0.4) is 0 Å². The lowest BCUT2D eigenvalue weighted by atomic mass is 10.1. The van der Waals surface area contributed by atoms with E-state index >= 15 is 0 Å². The Hall–Kier alpha value is -0.460. The van der Waals surface area contributed by atoms with Gasteiger partial charge in [0.15, 0.2) is 11.5 Å². The fraction of sp³-hybridized carbons (Fsp3) is 0.231. The molecule has 0 amide bonds. The summed E-state index contributed by atoms with van der Waals surface area (Å²) in [4.78, 5) is 0. The van der Waals surface area contributed by atoms with Gasteiger partial charge in [-0.25, -0.2) is 0 Å². The first-order valence-electron chi connectivity index (χ1n) is 5.25. The van der Waals surface area contributed by atoms with Gasteiger partial charge in [0.05, 0.1) is 22.5 Å². The molecule has 0 fully saturated rings. The van der Waals surface area contributed by atoms with Gasteiger partial charge in [0.25, 0.3) is 0 Å². The molecule has 0 bridgehead atoms. The molecule has 1 aromatic heterocycles. The quantitative estimate of drug-likeness (QED) is 0.553. The molecule has 0 aliphatic heterocycles. The molecule has 2 rings (SSSR count). The van der Waals surface area contributed by atoms with E-state index in [1.807, 2.05) is 18.2 Å². The highest BCUT2D eigenvalue weighted by Gasteiger charge is 2.15. The van der Waals surface area contributed by atoms with Crippen LogP contribution < -0.4 is 9.47 Å². The van der Waals surface area contributed by atoms with Gasteiger partial charge in [-0.15, -0.1) is 22.9 Å². The van der Waals surface area contributed by atoms with Gasteiger partial charge in [-0.05, 0) is 57.3 Å². The van der Waals surface area contributed by atoms with Crippen LogP contribution in [0.15, 0.2) is 29.6 Å². The van der Waals surface area contributed by atoms with Crippen molar-refractivity contribution in [2.75, 3.05) is 14.2 Å². The summed E-state index contributed by atoms with van der Waals surface area (Å²) in [6, 6.07) is 7.85. The number of ether oxygens (including phenoxy) is 2. The first-order chi connectivity index (χ1) is 8.65. The second-order valence-electron chi connectivity index (χ2n) is 3.66. The molecule has 0 radical (unpaired) electrons. The van der Waals surface area contributed by atoms with Crippen LogP contribution >= 0.6 is 45.5 Å². The molecule has 0 saturated heterocycles. The van der Waals surface area contributed by atoms with E-state index in [1.54, 1.807) is 25.6 Å². The lowest BCUT2D eigenvalue weighted by Gasteiger charge is -2.12. The van der Waals surface area contributed by atoms with Gasteiger partial charge in [0.2, 0.25) is 0 Å². The third-order valence-corrected chi connectivity index (χ3v) is 4.89. The van der Waals surface area contributed by atoms with Crippen LogP contribution in [0.5, 0.6) is 11.5 Å². The minimum Gasteiger partial charge on any atom is -0.493 e. The number of methoxy groups -OCH3 is 2. The first-order valence-corrected chi connectivity index (χ1v) is 7.65. The third kappa shape index (κ3) is 2.92. The summed E-state index contributed by atoms with van der Waals surface area (Å²) in [5.74, 6) is 1.41. The van der Waals surface area contributed by atoms with E-state index in [-0.39, 0.29) is 5.38 Å². The van der Waals surface area contributed by atoms with Gasteiger partial charge in [0, 0.05) is 0 Å². The monoisotopic (exact) mass is 394 g/mol. The molecule has 1 heterocycles. The second-order valence-corrected chi connectivity index (χ2v) is 6.90. The normalized spacial score (nSPS) is 12.2. The molecular formula is C13H12ClIO2S. The zero-order valence-corrected chi connectivity index (χ0v) is 13.7. The summed E-state index contributed by atoms with van der Waals surface area (Å²) in [7, 11) is 3.25. The fourth-order valence-electron chi connectivity index (χ4n) is 1.66. The molecule has 0 spiro atoms. The Kier molecular flexibility index (Phi) is 4.75. The van der Waals surface area contributed by atoms with E-state index in [0.29, 0.717) is 11.5 Å². The van der Waals surface area contributed by atoms with Gasteiger partial charge in [-0.2, -0.15) is 0 Å². The van der Waals surface area contributed by atoms with Crippen molar-refractivity contribution in [2.24, 2.45) is 0 Å². The average Bonchev–Trinajstić information content (AvgIpc) is 2.83. The minimum atomic E-state index is -0.162. The van der Waals surface area contributed by atoms with Gasteiger partial charge in [-0.3, -0.25) is 0 Å². The highest BCUT2D eigenvalue weighted by Crippen LogP contribution is 2.36. The van der Waals surface area contributed by atoms with Gasteiger partial charge >= 0.3 is 0 Å². The van der Waals surface area contributed by atoms with Gasteiger partial charge < -0.3 is 9.47 Å². The molecule has 96 valence electrons. The van der Waals surface area contributed by atoms with Crippen molar-refractivity contribution in [3.8, 4) is 11.5 Å². The zero-order valence-electron chi connectivity index (χ0n) is 9.94. The molecule has 1 unspecified atom stereocenters. The molecule has 0 aliphatic carbocycles. The Bertz CT molecular complexity index is 542. The largest absolute Gasteiger partial charge is 0.493 e. The second kappa shape index (κ2) is 6.12. The van der Waals surface area contributed by atoms with Gasteiger partial charge in [-0.1, -0.05) is 6.07 Å². The Morgan fingerprint density at radius 3 is 2.39 bits per heavy atom. The summed E-state index contributed by atoms with van der Waals surface area (Å²) in [6.45, 7) is 0. The van der Waals surface area contributed by atoms with E-state index < -0.39 is 0 Å². The van der Waals surface area contributed by atoms with Crippen LogP contribution in [0.4, 0.5) is 0 Å². The number of hydrogen-bond acceptors (Lipinski definition) is 3. The number of rotatable bonds is 4. The number of benzene rings is 1. The predicted octanol–water partition coefficient (Wildman–Crippen LogP) is 4.70. The Morgan fingerprint density at radius 2 is 1.83 bits per heavy atom. The summed E-state index contributed by atoms with van der Waals surface area (Å²) >= 11 is 10.5. The Morgan fingerprint density at radius 1 is 1.11 bits per heavy atom. The van der Waals surface area contributed by atoms with Crippen LogP contribution in [0.2, 0.25) is 0 Å². The number of thiophene rings is 1. The average molecular weight is 395 g/mol. The van der Waals surface area contributed by atoms with Crippen molar-refractivity contribution in [2.45, 2.75) is 5.38 Å². The molecular weight excluding hydrogens is 383 g/mol. The van der Waals surface area contributed by atoms with Crippen LogP contribution in [0.1, 0.15) is 16.5 Å². The van der Waals surface area contributed by atoms with E-state index in [4.69, 9.17) is 21.1 Å². The highest BCUT2D eigenvalue weighted by atomic mass is 127. The van der Waals surface area contributed by atoms with E-state index in [0.717, 1.165) is 11.1 Å². The zero-order chi connectivity index (χ0) is 13.1. The summed E-state index contributed by atoms with van der Waals surface area (Å²) in [5, 5.41) is 1.92. The molecule has 2 nitrogen and oxygen atoms in total. The minimum absolute atomic E-state index is 0.162. The first kappa shape index (κ1) is 14.0. The van der Waals surface area contributed by atoms with Crippen molar-refractivity contribution >= 4 is 45.5 Å². The maximum absolute atomic E-state index is 6.48. The van der Waals surface area contributed by atoms with Crippen LogP contribution in [-0.4, -0.2) is 14.2 Å². The molecule has 18 heavy (non-hydrogen) atoms. The van der Waals surface area contributed by atoms with Crippen molar-refractivity contribution in [3.63, 3.8) is 0 Å². The maximum Gasteiger partial charge on any atom is 0.161 e. The van der Waals surface area contributed by atoms with E-state index in [9.17, 15) is 0 Å². The topological polar surface area (TPSA) is 18.5 Å². The van der Waals surface area contributed by atoms with Crippen molar-refractivity contribution < 1.29 is 9.47 Å². The van der Waals surface area contributed by atoms with E-state index in [1.165, 1.54) is 2.88 Å². The number of halogens is 2. The Labute approximate surface area is 129 Å². The smallest absolute Gasteiger partial charge is 0.161 e. The van der Waals surface area contributed by atoms with Crippen LogP contribution in [0.25, 0.3) is 0 Å². The summed E-state index contributed by atoms with van der Waals surface area (Å²) in [5.41, 5.74) is 2.11. The molecule has 1 aromatic carbocycles. The molecule has 2 aromatic rings. The fourth-order valence-corrected chi connectivity index (χ4v) is 3.39. The van der Waals surface area contributed by atoms with Crippen molar-refractivity contribution in [1.29, 1.82) is 0 Å². The molecule has 0 saturated carbocycles. The van der Waals surface area contributed by atoms with Crippen LogP contribution in [-0.2, 0) is 0 Å². The maximum atomic E-state index is 6.48. The lowest BCUT2D eigenvalue weighted by molar-refractivity contribution is 0.354. The lowest BCUT2D eigenvalue weighted by Crippen LogP contribution is -1.95. The molecule has 0 aliphatic rings.